The molecule has 0 aromatic heterocycles. The highest BCUT2D eigenvalue weighted by Gasteiger charge is 2.35. The van der Waals surface area contributed by atoms with Gasteiger partial charge < -0.3 is 10.2 Å². The van der Waals surface area contributed by atoms with Crippen LogP contribution >= 0.6 is 0 Å². The van der Waals surface area contributed by atoms with E-state index in [1.54, 1.807) is 0 Å². The second-order valence-corrected chi connectivity index (χ2v) is 4.65. The van der Waals surface area contributed by atoms with E-state index in [2.05, 4.69) is 64.6 Å². The lowest BCUT2D eigenvalue weighted by Gasteiger charge is -2.31. The fourth-order valence-electron chi connectivity index (χ4n) is 2.78. The van der Waals surface area contributed by atoms with Gasteiger partial charge in [-0.1, -0.05) is 30.3 Å². The lowest BCUT2D eigenvalue weighted by atomic mass is 10.1. The minimum atomic E-state index is 0.177. The Morgan fingerprint density at radius 1 is 1.06 bits per heavy atom. The zero-order valence-electron chi connectivity index (χ0n) is 10.1. The van der Waals surface area contributed by atoms with Crippen molar-refractivity contribution < 1.29 is 0 Å². The van der Waals surface area contributed by atoms with E-state index in [0.29, 0.717) is 0 Å². The van der Waals surface area contributed by atoms with Crippen molar-refractivity contribution in [1.82, 2.24) is 0 Å². The van der Waals surface area contributed by atoms with Crippen molar-refractivity contribution in [3.8, 4) is 0 Å². The average molecular weight is 235 g/mol. The molecule has 0 saturated carbocycles. The Balaban J connectivity index is 1.94. The standard InChI is InChI=1S/C15H13N3/c1-10-16-12-7-3-2-6-11(12)15-17-13-8-4-5-9-14(13)18(10)15/h2-9,15,17H,1H3. The quantitative estimate of drug-likeness (QED) is 0.754. The number of nitrogens with one attached hydrogen (secondary N) is 1. The molecule has 3 nitrogen and oxygen atoms in total. The summed E-state index contributed by atoms with van der Waals surface area (Å²) < 4.78 is 0. The molecule has 1 unspecified atom stereocenters. The molecule has 2 aromatic rings. The lowest BCUT2D eigenvalue weighted by Crippen LogP contribution is -2.34. The van der Waals surface area contributed by atoms with Gasteiger partial charge in [-0.2, -0.15) is 0 Å². The van der Waals surface area contributed by atoms with Crippen LogP contribution in [0.5, 0.6) is 0 Å². The third kappa shape index (κ3) is 1.16. The second kappa shape index (κ2) is 3.35. The van der Waals surface area contributed by atoms with Gasteiger partial charge in [0, 0.05) is 5.56 Å². The number of benzene rings is 2. The summed E-state index contributed by atoms with van der Waals surface area (Å²) in [6.45, 7) is 2.06. The molecule has 0 amide bonds. The van der Waals surface area contributed by atoms with Gasteiger partial charge in [-0.15, -0.1) is 0 Å². The van der Waals surface area contributed by atoms with Crippen LogP contribution in [-0.2, 0) is 0 Å². The van der Waals surface area contributed by atoms with E-state index in [0.717, 1.165) is 11.5 Å². The van der Waals surface area contributed by atoms with Gasteiger partial charge >= 0.3 is 0 Å². The summed E-state index contributed by atoms with van der Waals surface area (Å²) in [5, 5.41) is 3.57. The van der Waals surface area contributed by atoms with E-state index in [1.807, 2.05) is 6.07 Å². The molecule has 0 fully saturated rings. The van der Waals surface area contributed by atoms with Crippen LogP contribution in [0.2, 0.25) is 0 Å². The normalized spacial score (nSPS) is 19.5. The Labute approximate surface area is 106 Å². The van der Waals surface area contributed by atoms with Crippen LogP contribution < -0.4 is 10.2 Å². The molecule has 88 valence electrons. The molecule has 3 heteroatoms. The van der Waals surface area contributed by atoms with E-state index in [-0.39, 0.29) is 6.17 Å². The number of anilines is 2. The molecule has 0 saturated heterocycles. The monoisotopic (exact) mass is 235 g/mol. The third-order valence-corrected chi connectivity index (χ3v) is 3.58. The van der Waals surface area contributed by atoms with E-state index in [1.165, 1.54) is 16.9 Å². The van der Waals surface area contributed by atoms with Crippen molar-refractivity contribution in [3.63, 3.8) is 0 Å². The fourth-order valence-corrected chi connectivity index (χ4v) is 2.78. The summed E-state index contributed by atoms with van der Waals surface area (Å²) in [7, 11) is 0. The molecule has 2 aliphatic rings. The summed E-state index contributed by atoms with van der Waals surface area (Å²) in [4.78, 5) is 6.95. The number of hydrogen-bond acceptors (Lipinski definition) is 3. The van der Waals surface area contributed by atoms with E-state index in [4.69, 9.17) is 0 Å². The number of aliphatic imine (C=N–C) groups is 1. The van der Waals surface area contributed by atoms with E-state index in [9.17, 15) is 0 Å². The van der Waals surface area contributed by atoms with Gasteiger partial charge in [-0.05, 0) is 25.1 Å². The molecule has 0 aliphatic carbocycles. The predicted molar refractivity (Wildman–Crippen MR) is 74.5 cm³/mol. The Hall–Kier alpha value is -2.29. The molecule has 0 spiro atoms. The van der Waals surface area contributed by atoms with Gasteiger partial charge in [0.05, 0.1) is 17.1 Å². The maximum Gasteiger partial charge on any atom is 0.133 e. The highest BCUT2D eigenvalue weighted by Crippen LogP contribution is 2.45. The summed E-state index contributed by atoms with van der Waals surface area (Å²) in [5.41, 5.74) is 4.68. The second-order valence-electron chi connectivity index (χ2n) is 4.65. The maximum atomic E-state index is 4.69. The summed E-state index contributed by atoms with van der Waals surface area (Å²) in [5.74, 6) is 1.04. The smallest absolute Gasteiger partial charge is 0.133 e. The van der Waals surface area contributed by atoms with Gasteiger partial charge in [-0.3, -0.25) is 0 Å². The third-order valence-electron chi connectivity index (χ3n) is 3.58. The van der Waals surface area contributed by atoms with Crippen molar-refractivity contribution in [2.45, 2.75) is 13.1 Å². The Kier molecular flexibility index (Phi) is 1.81. The van der Waals surface area contributed by atoms with Gasteiger partial charge in [0.15, 0.2) is 0 Å². The topological polar surface area (TPSA) is 27.6 Å². The summed E-state index contributed by atoms with van der Waals surface area (Å²) in [6.07, 6.45) is 0.177. The Morgan fingerprint density at radius 2 is 1.83 bits per heavy atom. The van der Waals surface area contributed by atoms with Gasteiger partial charge in [-0.25, -0.2) is 4.99 Å². The largest absolute Gasteiger partial charge is 0.359 e. The van der Waals surface area contributed by atoms with Crippen LogP contribution in [0, 0.1) is 0 Å². The zero-order chi connectivity index (χ0) is 12.1. The average Bonchev–Trinajstić information content (AvgIpc) is 2.79. The minimum absolute atomic E-state index is 0.177. The van der Waals surface area contributed by atoms with Crippen molar-refractivity contribution in [3.05, 3.63) is 54.1 Å². The Morgan fingerprint density at radius 3 is 2.78 bits per heavy atom. The highest BCUT2D eigenvalue weighted by atomic mass is 15.4. The molecular weight excluding hydrogens is 222 g/mol. The van der Waals surface area contributed by atoms with Crippen molar-refractivity contribution in [1.29, 1.82) is 0 Å². The summed E-state index contributed by atoms with van der Waals surface area (Å²) in [6, 6.07) is 16.7. The molecule has 4 rings (SSSR count). The van der Waals surface area contributed by atoms with Crippen molar-refractivity contribution in [2.24, 2.45) is 4.99 Å². The first-order chi connectivity index (χ1) is 8.84. The minimum Gasteiger partial charge on any atom is -0.359 e. The van der Waals surface area contributed by atoms with Crippen LogP contribution in [-0.4, -0.2) is 5.84 Å². The number of fused-ring (bicyclic) bond motifs is 5. The van der Waals surface area contributed by atoms with Crippen molar-refractivity contribution in [2.75, 3.05) is 10.2 Å². The van der Waals surface area contributed by atoms with E-state index >= 15 is 0 Å². The van der Waals surface area contributed by atoms with Crippen LogP contribution in [0.15, 0.2) is 53.5 Å². The highest BCUT2D eigenvalue weighted by molar-refractivity contribution is 6.05. The number of amidine groups is 1. The molecule has 2 heterocycles. The predicted octanol–water partition coefficient (Wildman–Crippen LogP) is 3.68. The molecule has 2 aliphatic heterocycles. The summed E-state index contributed by atoms with van der Waals surface area (Å²) >= 11 is 0. The molecule has 1 atom stereocenters. The van der Waals surface area contributed by atoms with Crippen molar-refractivity contribution >= 4 is 22.9 Å². The van der Waals surface area contributed by atoms with Crippen LogP contribution in [0.1, 0.15) is 18.7 Å². The first-order valence-corrected chi connectivity index (χ1v) is 6.13. The van der Waals surface area contributed by atoms with Gasteiger partial charge in [0.2, 0.25) is 0 Å². The molecular formula is C15H13N3. The van der Waals surface area contributed by atoms with Crippen LogP contribution in [0.3, 0.4) is 0 Å². The first kappa shape index (κ1) is 9.71. The zero-order valence-corrected chi connectivity index (χ0v) is 10.1. The molecule has 2 aromatic carbocycles. The number of para-hydroxylation sites is 3. The number of rotatable bonds is 0. The Bertz CT molecular complexity index is 660. The van der Waals surface area contributed by atoms with Crippen LogP contribution in [0.4, 0.5) is 17.1 Å². The molecule has 0 radical (unpaired) electrons. The van der Waals surface area contributed by atoms with Crippen LogP contribution in [0.25, 0.3) is 0 Å². The maximum absolute atomic E-state index is 4.69. The fraction of sp³-hybridized carbons (Fsp3) is 0.133. The molecule has 18 heavy (non-hydrogen) atoms. The SMILES string of the molecule is CC1=Nc2ccccc2C2Nc3ccccc3N12. The van der Waals surface area contributed by atoms with E-state index < -0.39 is 0 Å². The first-order valence-electron chi connectivity index (χ1n) is 6.13. The van der Waals surface area contributed by atoms with Gasteiger partial charge in [0.25, 0.3) is 0 Å². The number of hydrogen-bond donors (Lipinski definition) is 1. The lowest BCUT2D eigenvalue weighted by molar-refractivity contribution is 0.829. The molecule has 1 N–H and O–H groups in total. The number of nitrogens with zero attached hydrogens (tertiary/aromatic N) is 2. The van der Waals surface area contributed by atoms with Gasteiger partial charge in [0.1, 0.15) is 12.0 Å². The molecule has 0 bridgehead atoms.